The summed E-state index contributed by atoms with van der Waals surface area (Å²) in [6.07, 6.45) is -0.162. The summed E-state index contributed by atoms with van der Waals surface area (Å²) in [5.74, 6) is 0.846. The second kappa shape index (κ2) is 8.59. The molecule has 1 aromatic heterocycles. The number of halogens is 1. The molecule has 0 spiro atoms. The van der Waals surface area contributed by atoms with Crippen molar-refractivity contribution in [3.05, 3.63) is 70.4 Å². The van der Waals surface area contributed by atoms with Crippen molar-refractivity contribution in [2.45, 2.75) is 19.9 Å². The summed E-state index contributed by atoms with van der Waals surface area (Å²) in [5.41, 5.74) is 3.13. The predicted octanol–water partition coefficient (Wildman–Crippen LogP) is 4.73. The molecule has 1 amide bonds. The fourth-order valence-corrected chi connectivity index (χ4v) is 3.43. The summed E-state index contributed by atoms with van der Waals surface area (Å²) in [5, 5.41) is 4.81. The second-order valence-corrected chi connectivity index (χ2v) is 7.17. The van der Waals surface area contributed by atoms with E-state index < -0.39 is 6.16 Å². The van der Waals surface area contributed by atoms with Crippen LogP contribution < -0.4 is 4.74 Å². The van der Waals surface area contributed by atoms with E-state index in [4.69, 9.17) is 25.6 Å². The van der Waals surface area contributed by atoms with E-state index in [1.807, 2.05) is 12.1 Å². The van der Waals surface area contributed by atoms with Crippen LogP contribution in [0.3, 0.4) is 0 Å². The zero-order valence-corrected chi connectivity index (χ0v) is 17.0. The molecule has 0 aliphatic carbocycles. The highest BCUT2D eigenvalue weighted by Crippen LogP contribution is 2.31. The van der Waals surface area contributed by atoms with Crippen LogP contribution >= 0.6 is 11.6 Å². The van der Waals surface area contributed by atoms with E-state index in [1.165, 1.54) is 0 Å². The van der Waals surface area contributed by atoms with E-state index in [-0.39, 0.29) is 12.5 Å². The van der Waals surface area contributed by atoms with Crippen molar-refractivity contribution < 1.29 is 23.6 Å². The Morgan fingerprint density at radius 1 is 1.13 bits per heavy atom. The fourth-order valence-electron chi connectivity index (χ4n) is 3.31. The van der Waals surface area contributed by atoms with Gasteiger partial charge in [0.25, 0.3) is 5.91 Å². The van der Waals surface area contributed by atoms with Crippen molar-refractivity contribution in [2.24, 2.45) is 0 Å². The van der Waals surface area contributed by atoms with Gasteiger partial charge in [-0.3, -0.25) is 4.79 Å². The van der Waals surface area contributed by atoms with Crippen LogP contribution in [0, 0.1) is 0 Å². The first-order chi connectivity index (χ1) is 14.5. The van der Waals surface area contributed by atoms with E-state index in [0.717, 1.165) is 16.8 Å². The smallest absolute Gasteiger partial charge is 0.434 e. The van der Waals surface area contributed by atoms with E-state index in [1.54, 1.807) is 48.2 Å². The third-order valence-corrected chi connectivity index (χ3v) is 5.05. The highest BCUT2D eigenvalue weighted by atomic mass is 35.5. The minimum absolute atomic E-state index is 0.119. The minimum Gasteiger partial charge on any atom is -0.434 e. The van der Waals surface area contributed by atoms with E-state index in [2.05, 4.69) is 5.16 Å². The summed E-state index contributed by atoms with van der Waals surface area (Å²) in [4.78, 5) is 26.1. The van der Waals surface area contributed by atoms with Gasteiger partial charge in [0.1, 0.15) is 5.75 Å². The molecular formula is C22H19ClN2O5. The summed E-state index contributed by atoms with van der Waals surface area (Å²) >= 11 is 5.97. The Kier molecular flexibility index (Phi) is 5.72. The number of amides is 1. The average molecular weight is 427 g/mol. The molecule has 1 aliphatic heterocycles. The lowest BCUT2D eigenvalue weighted by Gasteiger charge is -2.26. The first-order valence-electron chi connectivity index (χ1n) is 9.52. The lowest BCUT2D eigenvalue weighted by atomic mass is 10.0. The number of carbonyl (C=O) groups excluding carboxylic acids is 2. The molecule has 0 atom stereocenters. The van der Waals surface area contributed by atoms with Gasteiger partial charge in [-0.15, -0.1) is 0 Å². The molecule has 0 radical (unpaired) electrons. The summed E-state index contributed by atoms with van der Waals surface area (Å²) in [6, 6.07) is 13.7. The van der Waals surface area contributed by atoms with Gasteiger partial charge in [0, 0.05) is 34.7 Å². The van der Waals surface area contributed by atoms with Crippen molar-refractivity contribution in [1.29, 1.82) is 0 Å². The lowest BCUT2D eigenvalue weighted by molar-refractivity contribution is 0.0734. The normalized spacial score (nSPS) is 12.9. The monoisotopic (exact) mass is 426 g/mol. The van der Waals surface area contributed by atoms with E-state index in [0.29, 0.717) is 41.6 Å². The zero-order valence-electron chi connectivity index (χ0n) is 16.3. The van der Waals surface area contributed by atoms with Crippen LogP contribution in [-0.2, 0) is 17.7 Å². The van der Waals surface area contributed by atoms with Gasteiger partial charge in [0.15, 0.2) is 5.76 Å². The van der Waals surface area contributed by atoms with Gasteiger partial charge in [0.2, 0.25) is 0 Å². The Hall–Kier alpha value is -3.32. The van der Waals surface area contributed by atoms with Gasteiger partial charge < -0.3 is 18.9 Å². The van der Waals surface area contributed by atoms with Crippen molar-refractivity contribution in [1.82, 2.24) is 10.1 Å². The number of fused-ring (bicyclic) bond motifs is 1. The minimum atomic E-state index is -0.776. The molecule has 2 aromatic carbocycles. The molecular weight excluding hydrogens is 408 g/mol. The first kappa shape index (κ1) is 20.0. The third-order valence-electron chi connectivity index (χ3n) is 4.80. The molecule has 0 N–H and O–H groups in total. The van der Waals surface area contributed by atoms with E-state index in [9.17, 15) is 9.59 Å². The molecule has 0 unspecified atom stereocenters. The Labute approximate surface area is 178 Å². The van der Waals surface area contributed by atoms with Crippen LogP contribution in [0.4, 0.5) is 4.79 Å². The number of ether oxygens (including phenoxy) is 2. The van der Waals surface area contributed by atoms with Crippen molar-refractivity contribution in [2.75, 3.05) is 13.2 Å². The second-order valence-electron chi connectivity index (χ2n) is 6.73. The quantitative estimate of drug-likeness (QED) is 0.443. The maximum Gasteiger partial charge on any atom is 0.513 e. The molecule has 8 heteroatoms. The third kappa shape index (κ3) is 4.16. The van der Waals surface area contributed by atoms with Gasteiger partial charge in [0.05, 0.1) is 18.8 Å². The van der Waals surface area contributed by atoms with Crippen LogP contribution in [-0.4, -0.2) is 35.3 Å². The summed E-state index contributed by atoms with van der Waals surface area (Å²) in [7, 11) is 0. The summed E-state index contributed by atoms with van der Waals surface area (Å²) in [6.45, 7) is 2.87. The molecule has 0 saturated carbocycles. The van der Waals surface area contributed by atoms with Crippen molar-refractivity contribution in [3.63, 3.8) is 0 Å². The van der Waals surface area contributed by atoms with Crippen LogP contribution in [0.2, 0.25) is 5.02 Å². The Bertz CT molecular complexity index is 1060. The molecule has 0 bridgehead atoms. The molecule has 2 heterocycles. The van der Waals surface area contributed by atoms with Crippen molar-refractivity contribution >= 4 is 23.7 Å². The average Bonchev–Trinajstić information content (AvgIpc) is 3.18. The Morgan fingerprint density at radius 3 is 2.57 bits per heavy atom. The Morgan fingerprint density at radius 2 is 1.87 bits per heavy atom. The highest BCUT2D eigenvalue weighted by Gasteiger charge is 2.28. The maximum atomic E-state index is 13.0. The SMILES string of the molecule is CCOC(=O)Oc1ccc(C(=O)N2CCc3noc(-c4ccc(Cl)cc4)c3C2)cc1. The van der Waals surface area contributed by atoms with Gasteiger partial charge in [-0.1, -0.05) is 16.8 Å². The lowest BCUT2D eigenvalue weighted by Crippen LogP contribution is -2.35. The van der Waals surface area contributed by atoms with Crippen LogP contribution in [0.1, 0.15) is 28.5 Å². The van der Waals surface area contributed by atoms with Crippen LogP contribution in [0.25, 0.3) is 11.3 Å². The number of aromatic nitrogens is 1. The van der Waals surface area contributed by atoms with Gasteiger partial charge in [-0.05, 0) is 55.5 Å². The molecule has 30 heavy (non-hydrogen) atoms. The number of hydrogen-bond donors (Lipinski definition) is 0. The number of nitrogens with zero attached hydrogens (tertiary/aromatic N) is 2. The Balaban J connectivity index is 1.49. The van der Waals surface area contributed by atoms with Gasteiger partial charge in [-0.2, -0.15) is 0 Å². The van der Waals surface area contributed by atoms with Crippen molar-refractivity contribution in [3.8, 4) is 17.1 Å². The molecule has 0 saturated heterocycles. The van der Waals surface area contributed by atoms with Crippen LogP contribution in [0.5, 0.6) is 5.75 Å². The van der Waals surface area contributed by atoms with Gasteiger partial charge >= 0.3 is 6.16 Å². The zero-order chi connectivity index (χ0) is 21.1. The van der Waals surface area contributed by atoms with Crippen LogP contribution in [0.15, 0.2) is 53.1 Å². The molecule has 7 nitrogen and oxygen atoms in total. The number of hydrogen-bond acceptors (Lipinski definition) is 6. The first-order valence-corrected chi connectivity index (χ1v) is 9.90. The van der Waals surface area contributed by atoms with Gasteiger partial charge in [-0.25, -0.2) is 4.79 Å². The molecule has 4 rings (SSSR count). The molecule has 0 fully saturated rings. The summed E-state index contributed by atoms with van der Waals surface area (Å²) < 4.78 is 15.3. The molecule has 3 aromatic rings. The molecule has 1 aliphatic rings. The number of benzene rings is 2. The molecule has 154 valence electrons. The largest absolute Gasteiger partial charge is 0.513 e. The maximum absolute atomic E-state index is 13.0. The fraction of sp³-hybridized carbons (Fsp3) is 0.227. The number of carbonyl (C=O) groups is 2. The number of rotatable bonds is 4. The highest BCUT2D eigenvalue weighted by molar-refractivity contribution is 6.30. The standard InChI is InChI=1S/C22H19ClN2O5/c1-2-28-22(27)29-17-9-5-15(6-10-17)21(26)25-12-11-19-18(13-25)20(30-24-19)14-3-7-16(23)8-4-14/h3-10H,2,11-13H2,1H3. The van der Waals surface area contributed by atoms with E-state index >= 15 is 0 Å². The topological polar surface area (TPSA) is 81.9 Å². The predicted molar refractivity (Wildman–Crippen MR) is 109 cm³/mol.